The molecule has 0 amide bonds. The zero-order valence-electron chi connectivity index (χ0n) is 13.9. The number of pyridine rings is 1. The number of anilines is 1. The van der Waals surface area contributed by atoms with Gasteiger partial charge < -0.3 is 14.2 Å². The second-order valence-electron chi connectivity index (χ2n) is 6.02. The van der Waals surface area contributed by atoms with Gasteiger partial charge in [0.05, 0.1) is 7.11 Å². The molecule has 7 heteroatoms. The SMILES string of the molecule is COc1ncccc1CN1CCN(c2noc(C(C)C)n2)CC1. The van der Waals surface area contributed by atoms with Crippen molar-refractivity contribution < 1.29 is 9.26 Å². The summed E-state index contributed by atoms with van der Waals surface area (Å²) in [7, 11) is 1.66. The van der Waals surface area contributed by atoms with E-state index in [9.17, 15) is 0 Å². The van der Waals surface area contributed by atoms with Crippen LogP contribution < -0.4 is 9.64 Å². The molecule has 0 aromatic carbocycles. The van der Waals surface area contributed by atoms with Gasteiger partial charge in [0.25, 0.3) is 5.95 Å². The molecule has 7 nitrogen and oxygen atoms in total. The molecule has 0 spiro atoms. The van der Waals surface area contributed by atoms with E-state index in [1.54, 1.807) is 13.3 Å². The smallest absolute Gasteiger partial charge is 0.266 e. The number of hydrogen-bond donors (Lipinski definition) is 0. The van der Waals surface area contributed by atoms with Crippen LogP contribution in [0.4, 0.5) is 5.95 Å². The van der Waals surface area contributed by atoms with Crippen molar-refractivity contribution in [1.29, 1.82) is 0 Å². The summed E-state index contributed by atoms with van der Waals surface area (Å²) in [6, 6.07) is 4.01. The lowest BCUT2D eigenvalue weighted by molar-refractivity contribution is 0.243. The van der Waals surface area contributed by atoms with E-state index in [0.29, 0.717) is 17.7 Å². The fraction of sp³-hybridized carbons (Fsp3) is 0.562. The molecule has 1 fully saturated rings. The Morgan fingerprint density at radius 1 is 1.26 bits per heavy atom. The van der Waals surface area contributed by atoms with Gasteiger partial charge in [-0.3, -0.25) is 4.90 Å². The second-order valence-corrected chi connectivity index (χ2v) is 6.02. The summed E-state index contributed by atoms with van der Waals surface area (Å²) in [4.78, 5) is 13.3. The Labute approximate surface area is 136 Å². The molecule has 124 valence electrons. The largest absolute Gasteiger partial charge is 0.481 e. The Bertz CT molecular complexity index is 635. The Kier molecular flexibility index (Phi) is 4.76. The Balaban J connectivity index is 1.57. The van der Waals surface area contributed by atoms with E-state index in [-0.39, 0.29) is 5.92 Å². The van der Waals surface area contributed by atoms with Gasteiger partial charge in [-0.05, 0) is 11.2 Å². The van der Waals surface area contributed by atoms with E-state index in [1.807, 2.05) is 6.07 Å². The van der Waals surface area contributed by atoms with Crippen LogP contribution in [0.1, 0.15) is 31.2 Å². The minimum atomic E-state index is 0.260. The summed E-state index contributed by atoms with van der Waals surface area (Å²) in [5.41, 5.74) is 1.12. The minimum Gasteiger partial charge on any atom is -0.481 e. The van der Waals surface area contributed by atoms with Crippen LogP contribution in [-0.4, -0.2) is 53.3 Å². The van der Waals surface area contributed by atoms with Gasteiger partial charge in [0, 0.05) is 50.4 Å². The van der Waals surface area contributed by atoms with Gasteiger partial charge in [0.2, 0.25) is 11.8 Å². The third-order valence-corrected chi connectivity index (χ3v) is 4.02. The van der Waals surface area contributed by atoms with Crippen LogP contribution >= 0.6 is 0 Å². The maximum atomic E-state index is 5.32. The first-order valence-electron chi connectivity index (χ1n) is 7.96. The average molecular weight is 317 g/mol. The van der Waals surface area contributed by atoms with E-state index < -0.39 is 0 Å². The maximum Gasteiger partial charge on any atom is 0.266 e. The van der Waals surface area contributed by atoms with Crippen molar-refractivity contribution in [3.8, 4) is 5.88 Å². The first-order chi connectivity index (χ1) is 11.2. The molecule has 3 rings (SSSR count). The first-order valence-corrected chi connectivity index (χ1v) is 7.96. The van der Waals surface area contributed by atoms with Crippen molar-refractivity contribution in [3.63, 3.8) is 0 Å². The van der Waals surface area contributed by atoms with Crippen molar-refractivity contribution in [2.45, 2.75) is 26.3 Å². The summed E-state index contributed by atoms with van der Waals surface area (Å²) in [6.07, 6.45) is 1.75. The Morgan fingerprint density at radius 2 is 2.04 bits per heavy atom. The second kappa shape index (κ2) is 6.95. The summed E-state index contributed by atoms with van der Waals surface area (Å²) >= 11 is 0. The Hall–Kier alpha value is -2.15. The van der Waals surface area contributed by atoms with Gasteiger partial charge in [-0.2, -0.15) is 4.98 Å². The molecule has 0 radical (unpaired) electrons. The molecule has 23 heavy (non-hydrogen) atoms. The lowest BCUT2D eigenvalue weighted by atomic mass is 10.2. The van der Waals surface area contributed by atoms with Gasteiger partial charge in [-0.1, -0.05) is 19.9 Å². The highest BCUT2D eigenvalue weighted by Crippen LogP contribution is 2.20. The predicted octanol–water partition coefficient (Wildman–Crippen LogP) is 1.92. The summed E-state index contributed by atoms with van der Waals surface area (Å²) in [5.74, 6) is 2.36. The zero-order valence-corrected chi connectivity index (χ0v) is 13.9. The van der Waals surface area contributed by atoms with E-state index >= 15 is 0 Å². The fourth-order valence-corrected chi connectivity index (χ4v) is 2.67. The highest BCUT2D eigenvalue weighted by atomic mass is 16.5. The molecule has 2 aromatic heterocycles. The third-order valence-electron chi connectivity index (χ3n) is 4.02. The number of hydrogen-bond acceptors (Lipinski definition) is 7. The van der Waals surface area contributed by atoms with Crippen molar-refractivity contribution >= 4 is 5.95 Å². The van der Waals surface area contributed by atoms with Crippen LogP contribution in [-0.2, 0) is 6.54 Å². The highest BCUT2D eigenvalue weighted by molar-refractivity contribution is 5.29. The van der Waals surface area contributed by atoms with E-state index in [2.05, 4.69) is 44.8 Å². The van der Waals surface area contributed by atoms with E-state index in [1.165, 1.54) is 0 Å². The van der Waals surface area contributed by atoms with Crippen LogP contribution in [0.5, 0.6) is 5.88 Å². The van der Waals surface area contributed by atoms with Crippen molar-refractivity contribution in [2.24, 2.45) is 0 Å². The van der Waals surface area contributed by atoms with Gasteiger partial charge in [-0.25, -0.2) is 4.98 Å². The lowest BCUT2D eigenvalue weighted by Crippen LogP contribution is -2.46. The Morgan fingerprint density at radius 3 is 2.70 bits per heavy atom. The van der Waals surface area contributed by atoms with Gasteiger partial charge in [0.1, 0.15) is 0 Å². The molecule has 0 atom stereocenters. The van der Waals surface area contributed by atoms with Crippen LogP contribution in [0.3, 0.4) is 0 Å². The minimum absolute atomic E-state index is 0.260. The molecule has 3 heterocycles. The van der Waals surface area contributed by atoms with Crippen LogP contribution in [0.2, 0.25) is 0 Å². The van der Waals surface area contributed by atoms with Gasteiger partial charge in [-0.15, -0.1) is 0 Å². The maximum absolute atomic E-state index is 5.32. The zero-order chi connectivity index (χ0) is 16.2. The molecule has 2 aromatic rings. The topological polar surface area (TPSA) is 67.5 Å². The van der Waals surface area contributed by atoms with E-state index in [4.69, 9.17) is 9.26 Å². The predicted molar refractivity (Wildman–Crippen MR) is 86.7 cm³/mol. The number of nitrogens with zero attached hydrogens (tertiary/aromatic N) is 5. The number of rotatable bonds is 5. The summed E-state index contributed by atoms with van der Waals surface area (Å²) < 4.78 is 10.6. The summed E-state index contributed by atoms with van der Waals surface area (Å²) in [6.45, 7) is 8.62. The standard InChI is InChI=1S/C16H23N5O2/c1-12(2)14-18-16(19-23-14)21-9-7-20(8-10-21)11-13-5-4-6-17-15(13)22-3/h4-6,12H,7-11H2,1-3H3. The molecular weight excluding hydrogens is 294 g/mol. The molecule has 1 aliphatic rings. The molecule has 0 saturated carbocycles. The van der Waals surface area contributed by atoms with Crippen molar-refractivity contribution in [1.82, 2.24) is 20.0 Å². The molecule has 0 N–H and O–H groups in total. The quantitative estimate of drug-likeness (QED) is 0.834. The molecule has 1 aliphatic heterocycles. The molecule has 0 bridgehead atoms. The number of ether oxygens (including phenoxy) is 1. The number of aromatic nitrogens is 3. The van der Waals surface area contributed by atoms with E-state index in [0.717, 1.165) is 38.3 Å². The average Bonchev–Trinajstić information content (AvgIpc) is 3.06. The first kappa shape index (κ1) is 15.7. The monoisotopic (exact) mass is 317 g/mol. The molecule has 0 unspecified atom stereocenters. The number of methoxy groups -OCH3 is 1. The van der Waals surface area contributed by atoms with Gasteiger partial charge in [0.15, 0.2) is 0 Å². The fourth-order valence-electron chi connectivity index (χ4n) is 2.67. The van der Waals surface area contributed by atoms with Crippen molar-refractivity contribution in [3.05, 3.63) is 29.8 Å². The van der Waals surface area contributed by atoms with Crippen LogP contribution in [0.25, 0.3) is 0 Å². The molecular formula is C16H23N5O2. The van der Waals surface area contributed by atoms with Crippen LogP contribution in [0.15, 0.2) is 22.9 Å². The molecule has 1 saturated heterocycles. The summed E-state index contributed by atoms with van der Waals surface area (Å²) in [5, 5.41) is 4.09. The third kappa shape index (κ3) is 3.61. The van der Waals surface area contributed by atoms with Gasteiger partial charge >= 0.3 is 0 Å². The lowest BCUT2D eigenvalue weighted by Gasteiger charge is -2.33. The number of piperazine rings is 1. The van der Waals surface area contributed by atoms with Crippen LogP contribution in [0, 0.1) is 0 Å². The normalized spacial score (nSPS) is 16.1. The highest BCUT2D eigenvalue weighted by Gasteiger charge is 2.22. The van der Waals surface area contributed by atoms with Crippen molar-refractivity contribution in [2.75, 3.05) is 38.2 Å². The molecule has 0 aliphatic carbocycles.